The highest BCUT2D eigenvalue weighted by atomic mass is 16.3. The second-order valence-corrected chi connectivity index (χ2v) is 4.76. The predicted octanol–water partition coefficient (Wildman–Crippen LogP) is 1.07. The fourth-order valence-corrected chi connectivity index (χ4v) is 2.23. The van der Waals surface area contributed by atoms with Gasteiger partial charge in [-0.2, -0.15) is 0 Å². The van der Waals surface area contributed by atoms with Crippen molar-refractivity contribution in [2.75, 3.05) is 18.1 Å². The minimum absolute atomic E-state index is 0.0924. The molecular formula is C13H21N3O2. The molecule has 1 fully saturated rings. The van der Waals surface area contributed by atoms with Gasteiger partial charge in [-0.3, -0.25) is 4.79 Å². The van der Waals surface area contributed by atoms with Crippen LogP contribution in [0.4, 0.5) is 5.82 Å². The van der Waals surface area contributed by atoms with E-state index in [0.717, 1.165) is 37.4 Å². The van der Waals surface area contributed by atoms with Crippen molar-refractivity contribution >= 4 is 5.82 Å². The molecule has 0 radical (unpaired) electrons. The molecule has 100 valence electrons. The topological polar surface area (TPSA) is 69.2 Å². The zero-order valence-corrected chi connectivity index (χ0v) is 10.9. The van der Waals surface area contributed by atoms with Crippen molar-refractivity contribution in [2.45, 2.75) is 45.1 Å². The van der Waals surface area contributed by atoms with Crippen LogP contribution in [0.2, 0.25) is 0 Å². The average Bonchev–Trinajstić information content (AvgIpc) is 2.31. The summed E-state index contributed by atoms with van der Waals surface area (Å²) in [6.45, 7) is 2.91. The molecule has 1 saturated carbocycles. The molecule has 0 spiro atoms. The van der Waals surface area contributed by atoms with Crippen LogP contribution in [0.15, 0.2) is 10.9 Å². The minimum Gasteiger partial charge on any atom is -0.396 e. The first-order valence-electron chi connectivity index (χ1n) is 6.72. The van der Waals surface area contributed by atoms with Crippen LogP contribution in [-0.2, 0) is 6.42 Å². The summed E-state index contributed by atoms with van der Waals surface area (Å²) in [6, 6.07) is 2.05. The highest BCUT2D eigenvalue weighted by Gasteiger charge is 2.26. The monoisotopic (exact) mass is 251 g/mol. The van der Waals surface area contributed by atoms with Crippen LogP contribution in [-0.4, -0.2) is 34.3 Å². The SMILES string of the molecule is CCc1nc(N(CCCO)C2CCC2)cc(=O)[nH]1. The van der Waals surface area contributed by atoms with Crippen molar-refractivity contribution in [3.05, 3.63) is 22.2 Å². The summed E-state index contributed by atoms with van der Waals surface area (Å²) in [6.07, 6.45) is 4.99. The van der Waals surface area contributed by atoms with Gasteiger partial charge in [-0.15, -0.1) is 0 Å². The Hall–Kier alpha value is -1.36. The van der Waals surface area contributed by atoms with Gasteiger partial charge in [0.15, 0.2) is 0 Å². The molecule has 0 saturated heterocycles. The lowest BCUT2D eigenvalue weighted by Gasteiger charge is -2.38. The fraction of sp³-hybridized carbons (Fsp3) is 0.692. The molecule has 2 rings (SSSR count). The van der Waals surface area contributed by atoms with E-state index in [-0.39, 0.29) is 12.2 Å². The van der Waals surface area contributed by atoms with Crippen LogP contribution >= 0.6 is 0 Å². The zero-order valence-electron chi connectivity index (χ0n) is 10.9. The summed E-state index contributed by atoms with van der Waals surface area (Å²) in [5.41, 5.74) is -0.0924. The number of hydrogen-bond acceptors (Lipinski definition) is 4. The number of nitrogens with zero attached hydrogens (tertiary/aromatic N) is 2. The number of aliphatic hydroxyl groups excluding tert-OH is 1. The third-order valence-corrected chi connectivity index (χ3v) is 3.48. The first-order valence-corrected chi connectivity index (χ1v) is 6.72. The standard InChI is InChI=1S/C13H21N3O2/c1-2-11-14-12(9-13(18)15-11)16(7-4-8-17)10-5-3-6-10/h9-10,17H,2-8H2,1H3,(H,14,15,18). The number of nitrogens with one attached hydrogen (secondary N) is 1. The summed E-state index contributed by atoms with van der Waals surface area (Å²) in [5.74, 6) is 1.49. The smallest absolute Gasteiger partial charge is 0.252 e. The molecule has 5 heteroatoms. The van der Waals surface area contributed by atoms with Gasteiger partial charge in [0.2, 0.25) is 0 Å². The van der Waals surface area contributed by atoms with Gasteiger partial charge in [0.25, 0.3) is 5.56 Å². The molecule has 0 amide bonds. The van der Waals surface area contributed by atoms with Gasteiger partial charge >= 0.3 is 0 Å². The van der Waals surface area contributed by atoms with E-state index in [1.807, 2.05) is 6.92 Å². The van der Waals surface area contributed by atoms with Crippen molar-refractivity contribution in [3.63, 3.8) is 0 Å². The Morgan fingerprint density at radius 3 is 2.89 bits per heavy atom. The second-order valence-electron chi connectivity index (χ2n) is 4.76. The first kappa shape index (κ1) is 13.1. The Kier molecular flexibility index (Phi) is 4.36. The van der Waals surface area contributed by atoms with Crippen molar-refractivity contribution in [2.24, 2.45) is 0 Å². The maximum atomic E-state index is 11.6. The van der Waals surface area contributed by atoms with Gasteiger partial charge in [-0.1, -0.05) is 6.92 Å². The van der Waals surface area contributed by atoms with Gasteiger partial charge in [-0.05, 0) is 25.7 Å². The van der Waals surface area contributed by atoms with Crippen molar-refractivity contribution in [1.29, 1.82) is 0 Å². The third kappa shape index (κ3) is 2.90. The van der Waals surface area contributed by atoms with E-state index in [4.69, 9.17) is 5.11 Å². The van der Waals surface area contributed by atoms with E-state index < -0.39 is 0 Å². The fourth-order valence-electron chi connectivity index (χ4n) is 2.23. The summed E-state index contributed by atoms with van der Waals surface area (Å²) < 4.78 is 0. The van der Waals surface area contributed by atoms with Crippen LogP contribution in [0.1, 0.15) is 38.4 Å². The van der Waals surface area contributed by atoms with Crippen molar-refractivity contribution < 1.29 is 5.11 Å². The van der Waals surface area contributed by atoms with Gasteiger partial charge in [0.1, 0.15) is 11.6 Å². The van der Waals surface area contributed by atoms with Crippen LogP contribution < -0.4 is 10.5 Å². The average molecular weight is 251 g/mol. The molecule has 18 heavy (non-hydrogen) atoms. The Balaban J connectivity index is 2.22. The number of anilines is 1. The number of aliphatic hydroxyl groups is 1. The van der Waals surface area contributed by atoms with E-state index in [9.17, 15) is 4.79 Å². The minimum atomic E-state index is -0.0924. The van der Waals surface area contributed by atoms with Crippen LogP contribution in [0, 0.1) is 0 Å². The highest BCUT2D eigenvalue weighted by Crippen LogP contribution is 2.28. The van der Waals surface area contributed by atoms with Crippen molar-refractivity contribution in [1.82, 2.24) is 9.97 Å². The van der Waals surface area contributed by atoms with Gasteiger partial charge in [0, 0.05) is 31.7 Å². The van der Waals surface area contributed by atoms with Crippen LogP contribution in [0.25, 0.3) is 0 Å². The lowest BCUT2D eigenvalue weighted by Crippen LogP contribution is -2.42. The lowest BCUT2D eigenvalue weighted by atomic mass is 9.91. The highest BCUT2D eigenvalue weighted by molar-refractivity contribution is 5.39. The Morgan fingerprint density at radius 1 is 1.56 bits per heavy atom. The summed E-state index contributed by atoms with van der Waals surface area (Å²) in [7, 11) is 0. The predicted molar refractivity (Wildman–Crippen MR) is 70.9 cm³/mol. The number of aromatic nitrogens is 2. The molecule has 1 heterocycles. The van der Waals surface area contributed by atoms with E-state index in [1.54, 1.807) is 6.07 Å². The maximum Gasteiger partial charge on any atom is 0.252 e. The molecule has 0 atom stereocenters. The summed E-state index contributed by atoms with van der Waals surface area (Å²) in [4.78, 5) is 21.0. The normalized spacial score (nSPS) is 15.4. The second kappa shape index (κ2) is 6.00. The van der Waals surface area contributed by atoms with Crippen LogP contribution in [0.5, 0.6) is 0 Å². The van der Waals surface area contributed by atoms with E-state index in [1.165, 1.54) is 6.42 Å². The summed E-state index contributed by atoms with van der Waals surface area (Å²) >= 11 is 0. The van der Waals surface area contributed by atoms with Gasteiger partial charge in [0.05, 0.1) is 0 Å². The molecule has 0 aromatic carbocycles. The molecule has 1 aromatic heterocycles. The molecule has 1 aliphatic rings. The maximum absolute atomic E-state index is 11.6. The first-order chi connectivity index (χ1) is 8.74. The molecule has 0 bridgehead atoms. The number of H-pyrrole nitrogens is 1. The largest absolute Gasteiger partial charge is 0.396 e. The van der Waals surface area contributed by atoms with Gasteiger partial charge < -0.3 is 15.0 Å². The molecule has 0 aliphatic heterocycles. The third-order valence-electron chi connectivity index (χ3n) is 3.48. The molecule has 1 aromatic rings. The molecular weight excluding hydrogens is 230 g/mol. The van der Waals surface area contributed by atoms with Gasteiger partial charge in [-0.25, -0.2) is 4.98 Å². The Labute approximate surface area is 107 Å². The van der Waals surface area contributed by atoms with E-state index in [2.05, 4.69) is 14.9 Å². The van der Waals surface area contributed by atoms with E-state index in [0.29, 0.717) is 12.5 Å². The number of aryl methyl sites for hydroxylation is 1. The molecule has 2 N–H and O–H groups in total. The Bertz CT molecular complexity index is 440. The molecule has 1 aliphatic carbocycles. The quantitative estimate of drug-likeness (QED) is 0.793. The number of rotatable bonds is 6. The van der Waals surface area contributed by atoms with Crippen LogP contribution in [0.3, 0.4) is 0 Å². The number of hydrogen-bond donors (Lipinski definition) is 2. The molecule has 5 nitrogen and oxygen atoms in total. The van der Waals surface area contributed by atoms with Crippen molar-refractivity contribution in [3.8, 4) is 0 Å². The lowest BCUT2D eigenvalue weighted by molar-refractivity contribution is 0.282. The Morgan fingerprint density at radius 2 is 2.33 bits per heavy atom. The molecule has 0 unspecified atom stereocenters. The van der Waals surface area contributed by atoms with E-state index >= 15 is 0 Å². The summed E-state index contributed by atoms with van der Waals surface area (Å²) in [5, 5.41) is 8.97. The number of aromatic amines is 1. The zero-order chi connectivity index (χ0) is 13.0.